The van der Waals surface area contributed by atoms with Crippen molar-refractivity contribution in [2.75, 3.05) is 12.8 Å². The fourth-order valence-electron chi connectivity index (χ4n) is 1.51. The van der Waals surface area contributed by atoms with Crippen molar-refractivity contribution >= 4 is 28.2 Å². The number of rotatable bonds is 2. The molecule has 0 saturated heterocycles. The molecular formula is C11H11ClN2O. The first kappa shape index (κ1) is 10.2. The van der Waals surface area contributed by atoms with Crippen molar-refractivity contribution in [3.8, 4) is 0 Å². The third-order valence-electron chi connectivity index (χ3n) is 2.23. The van der Waals surface area contributed by atoms with E-state index in [1.165, 1.54) is 0 Å². The number of nitrogens with zero attached hydrogens (tertiary/aromatic N) is 1. The highest BCUT2D eigenvalue weighted by Gasteiger charge is 2.07. The van der Waals surface area contributed by atoms with Gasteiger partial charge in [0.2, 0.25) is 0 Å². The van der Waals surface area contributed by atoms with E-state index in [0.717, 1.165) is 16.5 Å². The summed E-state index contributed by atoms with van der Waals surface area (Å²) in [7, 11) is 1.62. The number of hydrogen-bond acceptors (Lipinski definition) is 3. The van der Waals surface area contributed by atoms with Crippen molar-refractivity contribution in [1.29, 1.82) is 0 Å². The van der Waals surface area contributed by atoms with Gasteiger partial charge in [-0.1, -0.05) is 23.7 Å². The molecule has 0 atom stereocenters. The normalized spacial score (nSPS) is 10.8. The first-order chi connectivity index (χ1) is 7.24. The number of methoxy groups -OCH3 is 1. The number of fused-ring (bicyclic) bond motifs is 1. The van der Waals surface area contributed by atoms with Gasteiger partial charge in [-0.3, -0.25) is 4.98 Å². The van der Waals surface area contributed by atoms with E-state index in [0.29, 0.717) is 17.3 Å². The maximum absolute atomic E-state index is 6.22. The Labute approximate surface area is 92.8 Å². The number of anilines is 1. The summed E-state index contributed by atoms with van der Waals surface area (Å²) in [4.78, 5) is 4.27. The van der Waals surface area contributed by atoms with Crippen LogP contribution in [0.5, 0.6) is 0 Å². The standard InChI is InChI=1S/C11H11ClN2O/c1-15-6-7-5-14-11-8(10(7)12)3-2-4-9(11)13/h2-5H,6,13H2,1H3. The van der Waals surface area contributed by atoms with E-state index in [4.69, 9.17) is 22.1 Å². The Bertz CT molecular complexity index is 499. The second-order valence-corrected chi connectivity index (χ2v) is 3.65. The van der Waals surface area contributed by atoms with Gasteiger partial charge in [-0.15, -0.1) is 0 Å². The van der Waals surface area contributed by atoms with Crippen LogP contribution in [0.15, 0.2) is 24.4 Å². The summed E-state index contributed by atoms with van der Waals surface area (Å²) in [6.45, 7) is 0.455. The molecule has 0 aliphatic rings. The predicted octanol–water partition coefficient (Wildman–Crippen LogP) is 2.62. The number of pyridine rings is 1. The summed E-state index contributed by atoms with van der Waals surface area (Å²) < 4.78 is 5.03. The number of ether oxygens (including phenoxy) is 1. The number of aromatic nitrogens is 1. The second kappa shape index (κ2) is 4.04. The molecule has 0 radical (unpaired) electrons. The van der Waals surface area contributed by atoms with Crippen LogP contribution in [0.4, 0.5) is 5.69 Å². The summed E-state index contributed by atoms with van der Waals surface area (Å²) in [5.41, 5.74) is 8.04. The highest BCUT2D eigenvalue weighted by molar-refractivity contribution is 6.36. The van der Waals surface area contributed by atoms with Crippen molar-refractivity contribution < 1.29 is 4.74 Å². The molecule has 1 aromatic heterocycles. The summed E-state index contributed by atoms with van der Waals surface area (Å²) in [5, 5.41) is 1.53. The molecule has 2 N–H and O–H groups in total. The first-order valence-electron chi connectivity index (χ1n) is 4.54. The second-order valence-electron chi connectivity index (χ2n) is 3.27. The van der Waals surface area contributed by atoms with Gasteiger partial charge in [0.05, 0.1) is 22.8 Å². The van der Waals surface area contributed by atoms with E-state index >= 15 is 0 Å². The Morgan fingerprint density at radius 2 is 2.27 bits per heavy atom. The molecule has 0 bridgehead atoms. The molecular weight excluding hydrogens is 212 g/mol. The molecule has 2 rings (SSSR count). The van der Waals surface area contributed by atoms with Crippen molar-refractivity contribution in [3.63, 3.8) is 0 Å². The zero-order valence-electron chi connectivity index (χ0n) is 8.33. The maximum atomic E-state index is 6.22. The molecule has 0 aliphatic carbocycles. The zero-order chi connectivity index (χ0) is 10.8. The van der Waals surface area contributed by atoms with Gasteiger partial charge in [0.25, 0.3) is 0 Å². The van der Waals surface area contributed by atoms with E-state index < -0.39 is 0 Å². The SMILES string of the molecule is COCc1cnc2c(N)cccc2c1Cl. The number of nitrogens with two attached hydrogens (primary N) is 1. The summed E-state index contributed by atoms with van der Waals surface area (Å²) in [5.74, 6) is 0. The maximum Gasteiger partial charge on any atom is 0.0946 e. The van der Waals surface area contributed by atoms with Crippen LogP contribution in [-0.4, -0.2) is 12.1 Å². The fourth-order valence-corrected chi connectivity index (χ4v) is 1.77. The Morgan fingerprint density at radius 1 is 1.47 bits per heavy atom. The van der Waals surface area contributed by atoms with Crippen LogP contribution < -0.4 is 5.73 Å². The molecule has 1 aromatic carbocycles. The van der Waals surface area contributed by atoms with E-state index in [-0.39, 0.29) is 0 Å². The molecule has 0 aliphatic heterocycles. The number of para-hydroxylation sites is 1. The van der Waals surface area contributed by atoms with Crippen LogP contribution in [0.1, 0.15) is 5.56 Å². The molecule has 0 fully saturated rings. The molecule has 15 heavy (non-hydrogen) atoms. The highest BCUT2D eigenvalue weighted by Crippen LogP contribution is 2.28. The lowest BCUT2D eigenvalue weighted by molar-refractivity contribution is 0.185. The smallest absolute Gasteiger partial charge is 0.0946 e. The van der Waals surface area contributed by atoms with Crippen LogP contribution in [0.25, 0.3) is 10.9 Å². The number of halogens is 1. The van der Waals surface area contributed by atoms with Crippen LogP contribution in [0.3, 0.4) is 0 Å². The zero-order valence-corrected chi connectivity index (χ0v) is 9.08. The largest absolute Gasteiger partial charge is 0.397 e. The van der Waals surface area contributed by atoms with Gasteiger partial charge in [0, 0.05) is 24.3 Å². The average Bonchev–Trinajstić information content (AvgIpc) is 2.23. The molecule has 1 heterocycles. The molecule has 78 valence electrons. The van der Waals surface area contributed by atoms with Gasteiger partial charge in [-0.25, -0.2) is 0 Å². The number of hydrogen-bond donors (Lipinski definition) is 1. The molecule has 2 aromatic rings. The fraction of sp³-hybridized carbons (Fsp3) is 0.182. The monoisotopic (exact) mass is 222 g/mol. The van der Waals surface area contributed by atoms with Crippen LogP contribution in [0.2, 0.25) is 5.02 Å². The van der Waals surface area contributed by atoms with Gasteiger partial charge in [0.15, 0.2) is 0 Å². The van der Waals surface area contributed by atoms with Crippen molar-refractivity contribution in [2.24, 2.45) is 0 Å². The van der Waals surface area contributed by atoms with E-state index in [1.54, 1.807) is 13.3 Å². The summed E-state index contributed by atoms with van der Waals surface area (Å²) >= 11 is 6.22. The number of benzene rings is 1. The minimum absolute atomic E-state index is 0.455. The molecule has 0 amide bonds. The lowest BCUT2D eigenvalue weighted by atomic mass is 10.1. The predicted molar refractivity (Wildman–Crippen MR) is 61.9 cm³/mol. The molecule has 0 spiro atoms. The molecule has 4 heteroatoms. The Morgan fingerprint density at radius 3 is 3.00 bits per heavy atom. The molecule has 0 saturated carbocycles. The molecule has 3 nitrogen and oxygen atoms in total. The van der Waals surface area contributed by atoms with Crippen LogP contribution in [0, 0.1) is 0 Å². The third-order valence-corrected chi connectivity index (χ3v) is 2.68. The van der Waals surface area contributed by atoms with Gasteiger partial charge >= 0.3 is 0 Å². The van der Waals surface area contributed by atoms with Crippen molar-refractivity contribution in [1.82, 2.24) is 4.98 Å². The van der Waals surface area contributed by atoms with E-state index in [9.17, 15) is 0 Å². The lowest BCUT2D eigenvalue weighted by Gasteiger charge is -2.07. The highest BCUT2D eigenvalue weighted by atomic mass is 35.5. The van der Waals surface area contributed by atoms with Gasteiger partial charge < -0.3 is 10.5 Å². The van der Waals surface area contributed by atoms with Crippen molar-refractivity contribution in [3.05, 3.63) is 35.0 Å². The minimum Gasteiger partial charge on any atom is -0.397 e. The van der Waals surface area contributed by atoms with E-state index in [2.05, 4.69) is 4.98 Å². The topological polar surface area (TPSA) is 48.1 Å². The van der Waals surface area contributed by atoms with E-state index in [1.807, 2.05) is 18.2 Å². The lowest BCUT2D eigenvalue weighted by Crippen LogP contribution is -1.95. The van der Waals surface area contributed by atoms with Gasteiger partial charge in [-0.05, 0) is 6.07 Å². The third kappa shape index (κ3) is 1.76. The quantitative estimate of drug-likeness (QED) is 0.795. The average molecular weight is 223 g/mol. The minimum atomic E-state index is 0.455. The summed E-state index contributed by atoms with van der Waals surface area (Å²) in [6.07, 6.45) is 1.70. The first-order valence-corrected chi connectivity index (χ1v) is 4.92. The Balaban J connectivity index is 2.68. The van der Waals surface area contributed by atoms with Crippen molar-refractivity contribution in [2.45, 2.75) is 6.61 Å². The van der Waals surface area contributed by atoms with Gasteiger partial charge in [0.1, 0.15) is 0 Å². The molecule has 0 unspecified atom stereocenters. The summed E-state index contributed by atoms with van der Waals surface area (Å²) in [6, 6.07) is 5.57. The Kier molecular flexibility index (Phi) is 2.75. The van der Waals surface area contributed by atoms with Crippen LogP contribution >= 0.6 is 11.6 Å². The van der Waals surface area contributed by atoms with Gasteiger partial charge in [-0.2, -0.15) is 0 Å². The van der Waals surface area contributed by atoms with Crippen LogP contribution in [-0.2, 0) is 11.3 Å². The number of nitrogen functional groups attached to an aromatic ring is 1. The Hall–Kier alpha value is -1.32.